The fourth-order valence-electron chi connectivity index (χ4n) is 5.44. The number of primary amides is 1. The number of carbonyl (C=O) groups excluding carboxylic acids is 2. The summed E-state index contributed by atoms with van der Waals surface area (Å²) in [5, 5.41) is 12.6. The number of nitrogens with zero attached hydrogens (tertiary/aromatic N) is 6. The van der Waals surface area contributed by atoms with E-state index < -0.39 is 11.3 Å². The van der Waals surface area contributed by atoms with Crippen LogP contribution in [0.25, 0.3) is 0 Å². The molecule has 41 heavy (non-hydrogen) atoms. The van der Waals surface area contributed by atoms with E-state index in [0.717, 1.165) is 37.1 Å². The van der Waals surface area contributed by atoms with Crippen LogP contribution in [0.4, 0.5) is 0 Å². The van der Waals surface area contributed by atoms with Gasteiger partial charge in [0.15, 0.2) is 5.82 Å². The van der Waals surface area contributed by atoms with Crippen molar-refractivity contribution < 1.29 is 9.59 Å². The summed E-state index contributed by atoms with van der Waals surface area (Å²) >= 11 is 0. The normalized spacial score (nSPS) is 14.9. The molecule has 0 aliphatic carbocycles. The number of piperidine rings is 1. The number of hydrogen-bond acceptors (Lipinski definition) is 6. The molecule has 214 valence electrons. The summed E-state index contributed by atoms with van der Waals surface area (Å²) in [4.78, 5) is 29.0. The van der Waals surface area contributed by atoms with Crippen molar-refractivity contribution in [2.24, 2.45) is 5.73 Å². The minimum Gasteiger partial charge on any atom is -0.368 e. The number of carbonyl (C=O) groups is 2. The highest BCUT2D eigenvalue weighted by Gasteiger charge is 2.41. The summed E-state index contributed by atoms with van der Waals surface area (Å²) in [5.41, 5.74) is 7.53. The quantitative estimate of drug-likeness (QED) is 0.376. The number of likely N-dealkylation sites (tertiary alicyclic amines) is 1. The summed E-state index contributed by atoms with van der Waals surface area (Å²) < 4.78 is 0. The molecule has 0 atom stereocenters. The summed E-state index contributed by atoms with van der Waals surface area (Å²) in [6.07, 6.45) is 1.85. The van der Waals surface area contributed by atoms with Crippen LogP contribution in [-0.2, 0) is 27.0 Å². The second-order valence-corrected chi connectivity index (χ2v) is 10.9. The summed E-state index contributed by atoms with van der Waals surface area (Å²) in [6, 6.07) is 30.1. The van der Waals surface area contributed by atoms with Gasteiger partial charge in [-0.05, 0) is 61.8 Å². The highest BCUT2D eigenvalue weighted by molar-refractivity contribution is 5.91. The number of benzene rings is 3. The SMILES string of the molecule is CN(C)C(=O)C(C)(c1ccccc1)c1ccccc1.CN1CCC(c2ccccc2)(c2nnn(CC(N)=O)n2)CC1. The molecule has 9 nitrogen and oxygen atoms in total. The van der Waals surface area contributed by atoms with E-state index >= 15 is 0 Å². The van der Waals surface area contributed by atoms with Gasteiger partial charge in [0.2, 0.25) is 11.8 Å². The maximum atomic E-state index is 12.7. The molecule has 3 aromatic carbocycles. The number of rotatable bonds is 7. The predicted octanol–water partition coefficient (Wildman–Crippen LogP) is 3.25. The number of tetrazole rings is 1. The van der Waals surface area contributed by atoms with E-state index in [1.54, 1.807) is 19.0 Å². The Morgan fingerprint density at radius 1 is 0.878 bits per heavy atom. The van der Waals surface area contributed by atoms with E-state index in [9.17, 15) is 9.59 Å². The lowest BCUT2D eigenvalue weighted by molar-refractivity contribution is -0.132. The average molecular weight is 554 g/mol. The van der Waals surface area contributed by atoms with Gasteiger partial charge in [0.1, 0.15) is 6.54 Å². The third-order valence-corrected chi connectivity index (χ3v) is 7.88. The van der Waals surface area contributed by atoms with Gasteiger partial charge >= 0.3 is 0 Å². The van der Waals surface area contributed by atoms with Gasteiger partial charge in [-0.25, -0.2) is 0 Å². The third kappa shape index (κ3) is 6.52. The monoisotopic (exact) mass is 553 g/mol. The van der Waals surface area contributed by atoms with E-state index in [-0.39, 0.29) is 17.9 Å². The molecular weight excluding hydrogens is 514 g/mol. The van der Waals surface area contributed by atoms with Crippen LogP contribution in [0.3, 0.4) is 0 Å². The Bertz CT molecular complexity index is 1370. The van der Waals surface area contributed by atoms with Gasteiger partial charge in [-0.3, -0.25) is 9.59 Å². The molecule has 1 saturated heterocycles. The zero-order valence-electron chi connectivity index (χ0n) is 24.3. The van der Waals surface area contributed by atoms with E-state index in [1.165, 1.54) is 10.4 Å². The molecule has 1 fully saturated rings. The lowest BCUT2D eigenvalue weighted by atomic mass is 9.72. The Balaban J connectivity index is 0.000000191. The molecule has 2 N–H and O–H groups in total. The number of likely N-dealkylation sites (N-methyl/N-ethyl adjacent to an activating group) is 1. The molecule has 4 aromatic rings. The molecule has 2 heterocycles. The zero-order valence-corrected chi connectivity index (χ0v) is 24.3. The second kappa shape index (κ2) is 12.9. The van der Waals surface area contributed by atoms with Gasteiger partial charge in [0.25, 0.3) is 0 Å². The lowest BCUT2D eigenvalue weighted by Gasteiger charge is -2.38. The van der Waals surface area contributed by atoms with E-state index in [1.807, 2.05) is 85.8 Å². The number of aromatic nitrogens is 4. The molecule has 1 aliphatic heterocycles. The van der Waals surface area contributed by atoms with Crippen molar-refractivity contribution in [3.05, 3.63) is 114 Å². The van der Waals surface area contributed by atoms with Crippen LogP contribution in [0.1, 0.15) is 42.3 Å². The lowest BCUT2D eigenvalue weighted by Crippen LogP contribution is -2.42. The van der Waals surface area contributed by atoms with Crippen LogP contribution >= 0.6 is 0 Å². The van der Waals surface area contributed by atoms with Crippen molar-refractivity contribution >= 4 is 11.8 Å². The number of hydrogen-bond donors (Lipinski definition) is 1. The topological polar surface area (TPSA) is 110 Å². The van der Waals surface area contributed by atoms with Crippen LogP contribution < -0.4 is 5.73 Å². The first-order chi connectivity index (χ1) is 19.7. The molecule has 1 aromatic heterocycles. The second-order valence-electron chi connectivity index (χ2n) is 10.9. The predicted molar refractivity (Wildman–Crippen MR) is 159 cm³/mol. The van der Waals surface area contributed by atoms with Crippen LogP contribution in [-0.4, -0.2) is 76.1 Å². The standard InChI is InChI=1S/C17H19NO.C15H20N6O/c1-17(16(19)18(2)3,14-10-6-4-7-11-14)15-12-8-5-9-13-15;1-20-9-7-15(8-10-20,12-5-3-2-4-6-12)14-17-19-21(18-14)11-13(16)22/h4-13H,1-3H3;2-6H,7-11H2,1H3,(H2,16,22). The molecule has 5 rings (SSSR count). The Morgan fingerprint density at radius 2 is 1.37 bits per heavy atom. The van der Waals surface area contributed by atoms with E-state index in [0.29, 0.717) is 5.82 Å². The van der Waals surface area contributed by atoms with Gasteiger partial charge in [-0.2, -0.15) is 4.80 Å². The Hall–Kier alpha value is -4.37. The minimum atomic E-state index is -0.647. The van der Waals surface area contributed by atoms with Crippen LogP contribution in [0.5, 0.6) is 0 Å². The highest BCUT2D eigenvalue weighted by atomic mass is 16.2. The average Bonchev–Trinajstić information content (AvgIpc) is 3.47. The molecule has 0 radical (unpaired) electrons. The first-order valence-electron chi connectivity index (χ1n) is 13.8. The zero-order chi connectivity index (χ0) is 29.5. The fourth-order valence-corrected chi connectivity index (χ4v) is 5.44. The van der Waals surface area contributed by atoms with Gasteiger partial charge in [-0.1, -0.05) is 91.0 Å². The van der Waals surface area contributed by atoms with Gasteiger partial charge in [0, 0.05) is 14.1 Å². The maximum absolute atomic E-state index is 12.7. The molecule has 0 spiro atoms. The molecule has 0 bridgehead atoms. The van der Waals surface area contributed by atoms with Crippen LogP contribution in [0.2, 0.25) is 0 Å². The molecule has 9 heteroatoms. The first-order valence-corrected chi connectivity index (χ1v) is 13.8. The van der Waals surface area contributed by atoms with Crippen molar-refractivity contribution in [3.63, 3.8) is 0 Å². The fraction of sp³-hybridized carbons (Fsp3) is 0.344. The summed E-state index contributed by atoms with van der Waals surface area (Å²) in [6.45, 7) is 3.89. The van der Waals surface area contributed by atoms with Crippen LogP contribution in [0.15, 0.2) is 91.0 Å². The number of nitrogens with two attached hydrogens (primary N) is 1. The van der Waals surface area contributed by atoms with Gasteiger partial charge in [0.05, 0.1) is 10.8 Å². The molecule has 0 saturated carbocycles. The van der Waals surface area contributed by atoms with Crippen molar-refractivity contribution in [1.29, 1.82) is 0 Å². The van der Waals surface area contributed by atoms with Gasteiger partial charge in [-0.15, -0.1) is 10.2 Å². The Morgan fingerprint density at radius 3 is 1.83 bits per heavy atom. The smallest absolute Gasteiger partial charge is 0.241 e. The molecule has 0 unspecified atom stereocenters. The van der Waals surface area contributed by atoms with E-state index in [4.69, 9.17) is 5.73 Å². The van der Waals surface area contributed by atoms with Crippen molar-refractivity contribution in [2.45, 2.75) is 37.1 Å². The number of amides is 2. The molecule has 2 amide bonds. The Labute approximate surface area is 242 Å². The largest absolute Gasteiger partial charge is 0.368 e. The minimum absolute atomic E-state index is 0.0439. The van der Waals surface area contributed by atoms with E-state index in [2.05, 4.69) is 39.5 Å². The van der Waals surface area contributed by atoms with Crippen molar-refractivity contribution in [2.75, 3.05) is 34.2 Å². The Kier molecular flexibility index (Phi) is 9.29. The van der Waals surface area contributed by atoms with Crippen LogP contribution in [0, 0.1) is 0 Å². The van der Waals surface area contributed by atoms with Crippen molar-refractivity contribution in [3.8, 4) is 0 Å². The molecular formula is C32H39N7O2. The van der Waals surface area contributed by atoms with Gasteiger partial charge < -0.3 is 15.5 Å². The summed E-state index contributed by atoms with van der Waals surface area (Å²) in [5.74, 6) is 0.291. The molecule has 1 aliphatic rings. The third-order valence-electron chi connectivity index (χ3n) is 7.88. The summed E-state index contributed by atoms with van der Waals surface area (Å²) in [7, 11) is 5.71. The maximum Gasteiger partial charge on any atom is 0.241 e. The highest BCUT2D eigenvalue weighted by Crippen LogP contribution is 2.39. The van der Waals surface area contributed by atoms with Crippen molar-refractivity contribution in [1.82, 2.24) is 30.0 Å². The first kappa shape index (κ1) is 29.6.